The first-order valence-electron chi connectivity index (χ1n) is 9.23. The molecular weight excluding hydrogens is 384 g/mol. The van der Waals surface area contributed by atoms with Crippen LogP contribution >= 0.6 is 0 Å². The van der Waals surface area contributed by atoms with Crippen molar-refractivity contribution in [3.63, 3.8) is 0 Å². The van der Waals surface area contributed by atoms with Crippen molar-refractivity contribution in [1.82, 2.24) is 16.0 Å². The molecule has 0 aliphatic carbocycles. The summed E-state index contributed by atoms with van der Waals surface area (Å²) in [5, 5.41) is 23.5. The van der Waals surface area contributed by atoms with Crippen LogP contribution < -0.4 is 38.9 Å². The van der Waals surface area contributed by atoms with Crippen LogP contribution in [0.25, 0.3) is 0 Å². The van der Waals surface area contributed by atoms with Crippen LogP contribution in [0, 0.1) is 5.41 Å². The van der Waals surface area contributed by atoms with Crippen LogP contribution in [0.3, 0.4) is 0 Å². The van der Waals surface area contributed by atoms with Gasteiger partial charge in [-0.25, -0.2) is 4.79 Å². The Bertz CT molecular complexity index is 586. The van der Waals surface area contributed by atoms with Crippen LogP contribution in [0.5, 0.6) is 0 Å². The second kappa shape index (κ2) is 14.1. The molecule has 3 atom stereocenters. The van der Waals surface area contributed by atoms with Crippen molar-refractivity contribution in [1.29, 1.82) is 5.41 Å². The zero-order valence-corrected chi connectivity index (χ0v) is 16.3. The van der Waals surface area contributed by atoms with Gasteiger partial charge in [-0.1, -0.05) is 0 Å². The Morgan fingerprint density at radius 3 is 2.07 bits per heavy atom. The number of hydrogen-bond donors (Lipinski definition) is 9. The number of unbranched alkanes of at least 4 members (excludes halogenated alkanes) is 1. The Morgan fingerprint density at radius 1 is 0.931 bits per heavy atom. The van der Waals surface area contributed by atoms with E-state index in [1.807, 2.05) is 0 Å². The Labute approximate surface area is 168 Å². The molecule has 0 heterocycles. The number of nitrogens with one attached hydrogen (secondary N) is 4. The smallest absolute Gasteiger partial charge is 0.326 e. The first kappa shape index (κ1) is 26.1. The first-order chi connectivity index (χ1) is 13.6. The molecule has 0 saturated heterocycles. The third kappa shape index (κ3) is 12.2. The van der Waals surface area contributed by atoms with Crippen LogP contribution in [0.15, 0.2) is 0 Å². The number of rotatable bonds is 15. The van der Waals surface area contributed by atoms with E-state index in [0.29, 0.717) is 32.4 Å². The predicted octanol–water partition coefficient (Wildman–Crippen LogP) is -3.36. The number of aliphatic carboxylic acids is 1. The molecule has 166 valence electrons. The molecule has 0 aliphatic heterocycles. The SMILES string of the molecule is N=C(N)NCCC[C@H](N)C(=O)N[C@@H](CCCCN)C(=O)N[C@@H](CC(N)=O)C(=O)O. The van der Waals surface area contributed by atoms with Gasteiger partial charge in [0.25, 0.3) is 0 Å². The van der Waals surface area contributed by atoms with Crippen molar-refractivity contribution in [3.8, 4) is 0 Å². The van der Waals surface area contributed by atoms with Crippen molar-refractivity contribution < 1.29 is 24.3 Å². The van der Waals surface area contributed by atoms with Crippen molar-refractivity contribution in [3.05, 3.63) is 0 Å². The number of guanidine groups is 1. The van der Waals surface area contributed by atoms with E-state index in [1.54, 1.807) is 0 Å². The standard InChI is InChI=1S/C16H32N8O5/c17-6-2-1-5-10(14(27)24-11(15(28)29)8-12(19)25)23-13(26)9(18)4-3-7-22-16(20)21/h9-11H,1-8,17-18H2,(H2,19,25)(H,23,26)(H,24,27)(H,28,29)(H4,20,21,22)/t9-,10-,11-/m0/s1. The fourth-order valence-corrected chi connectivity index (χ4v) is 2.39. The zero-order valence-electron chi connectivity index (χ0n) is 16.3. The first-order valence-corrected chi connectivity index (χ1v) is 9.23. The van der Waals surface area contributed by atoms with E-state index in [4.69, 9.17) is 33.5 Å². The van der Waals surface area contributed by atoms with Crippen LogP contribution in [0.1, 0.15) is 38.5 Å². The number of primary amides is 1. The monoisotopic (exact) mass is 416 g/mol. The Morgan fingerprint density at radius 2 is 1.55 bits per heavy atom. The summed E-state index contributed by atoms with van der Waals surface area (Å²) in [5.74, 6) is -3.83. The van der Waals surface area contributed by atoms with Gasteiger partial charge < -0.3 is 44.0 Å². The van der Waals surface area contributed by atoms with E-state index in [0.717, 1.165) is 0 Å². The molecule has 0 saturated carbocycles. The van der Waals surface area contributed by atoms with Gasteiger partial charge in [-0.3, -0.25) is 19.8 Å². The molecule has 0 aromatic carbocycles. The summed E-state index contributed by atoms with van der Waals surface area (Å²) < 4.78 is 0. The Balaban J connectivity index is 4.89. The van der Waals surface area contributed by atoms with E-state index in [9.17, 15) is 19.2 Å². The second-order valence-electron chi connectivity index (χ2n) is 6.50. The van der Waals surface area contributed by atoms with Gasteiger partial charge in [0.05, 0.1) is 12.5 Å². The van der Waals surface area contributed by atoms with Crippen LogP contribution in [0.4, 0.5) is 0 Å². The molecular formula is C16H32N8O5. The normalized spacial score (nSPS) is 13.6. The number of carboxylic acid groups (broad SMARTS) is 1. The Hall–Kier alpha value is -2.93. The van der Waals surface area contributed by atoms with Crippen LogP contribution in [-0.2, 0) is 19.2 Å². The maximum atomic E-state index is 12.5. The summed E-state index contributed by atoms with van der Waals surface area (Å²) >= 11 is 0. The molecule has 13 N–H and O–H groups in total. The fourth-order valence-electron chi connectivity index (χ4n) is 2.39. The fraction of sp³-hybridized carbons (Fsp3) is 0.688. The average molecular weight is 416 g/mol. The van der Waals surface area contributed by atoms with Gasteiger partial charge in [0, 0.05) is 6.54 Å². The molecule has 3 amide bonds. The highest BCUT2D eigenvalue weighted by Crippen LogP contribution is 2.04. The molecule has 0 bridgehead atoms. The molecule has 0 radical (unpaired) electrons. The summed E-state index contributed by atoms with van der Waals surface area (Å²) in [4.78, 5) is 47.0. The van der Waals surface area contributed by atoms with Crippen LogP contribution in [0.2, 0.25) is 0 Å². The van der Waals surface area contributed by atoms with Crippen molar-refractivity contribution in [2.24, 2.45) is 22.9 Å². The summed E-state index contributed by atoms with van der Waals surface area (Å²) in [6, 6.07) is -3.44. The molecule has 0 fully saturated rings. The van der Waals surface area contributed by atoms with E-state index in [1.165, 1.54) is 0 Å². The largest absolute Gasteiger partial charge is 0.480 e. The zero-order chi connectivity index (χ0) is 22.4. The third-order valence-electron chi connectivity index (χ3n) is 3.94. The quantitative estimate of drug-likeness (QED) is 0.0732. The van der Waals surface area contributed by atoms with Crippen molar-refractivity contribution >= 4 is 29.7 Å². The lowest BCUT2D eigenvalue weighted by Gasteiger charge is -2.22. The summed E-state index contributed by atoms with van der Waals surface area (Å²) in [6.07, 6.45) is 1.51. The highest BCUT2D eigenvalue weighted by molar-refractivity contribution is 5.93. The van der Waals surface area contributed by atoms with Crippen LogP contribution in [-0.4, -0.2) is 66.0 Å². The minimum absolute atomic E-state index is 0.191. The Kier molecular flexibility index (Phi) is 12.7. The van der Waals surface area contributed by atoms with Gasteiger partial charge in [-0.2, -0.15) is 0 Å². The molecule has 29 heavy (non-hydrogen) atoms. The van der Waals surface area contributed by atoms with Crippen molar-refractivity contribution in [2.75, 3.05) is 13.1 Å². The van der Waals surface area contributed by atoms with Gasteiger partial charge in [-0.15, -0.1) is 0 Å². The summed E-state index contributed by atoms with van der Waals surface area (Å²) in [5.41, 5.74) is 21.4. The van der Waals surface area contributed by atoms with E-state index < -0.39 is 48.2 Å². The molecule has 0 rings (SSSR count). The van der Waals surface area contributed by atoms with E-state index in [-0.39, 0.29) is 18.8 Å². The molecule has 0 aromatic heterocycles. The van der Waals surface area contributed by atoms with Gasteiger partial charge in [0.2, 0.25) is 17.7 Å². The minimum Gasteiger partial charge on any atom is -0.480 e. The molecule has 0 aliphatic rings. The molecule has 13 nitrogen and oxygen atoms in total. The number of carboxylic acids is 1. The lowest BCUT2D eigenvalue weighted by Crippen LogP contribution is -2.55. The van der Waals surface area contributed by atoms with Gasteiger partial charge in [-0.05, 0) is 38.6 Å². The number of hydrogen-bond acceptors (Lipinski definition) is 7. The highest BCUT2D eigenvalue weighted by Gasteiger charge is 2.28. The lowest BCUT2D eigenvalue weighted by atomic mass is 10.1. The van der Waals surface area contributed by atoms with Gasteiger partial charge in [0.1, 0.15) is 12.1 Å². The highest BCUT2D eigenvalue weighted by atomic mass is 16.4. The number of nitrogens with two attached hydrogens (primary N) is 4. The molecule has 13 heteroatoms. The third-order valence-corrected chi connectivity index (χ3v) is 3.94. The maximum Gasteiger partial charge on any atom is 0.326 e. The van der Waals surface area contributed by atoms with E-state index >= 15 is 0 Å². The molecule has 0 unspecified atom stereocenters. The lowest BCUT2D eigenvalue weighted by molar-refractivity contribution is -0.143. The topological polar surface area (TPSA) is 253 Å². The van der Waals surface area contributed by atoms with E-state index in [2.05, 4.69) is 16.0 Å². The number of amides is 3. The minimum atomic E-state index is -1.50. The van der Waals surface area contributed by atoms with Gasteiger partial charge in [0.15, 0.2) is 5.96 Å². The summed E-state index contributed by atoms with van der Waals surface area (Å²) in [7, 11) is 0. The number of carbonyl (C=O) groups excluding carboxylic acids is 3. The maximum absolute atomic E-state index is 12.5. The number of carbonyl (C=O) groups is 4. The molecule has 0 spiro atoms. The molecule has 0 aromatic rings. The van der Waals surface area contributed by atoms with Gasteiger partial charge >= 0.3 is 5.97 Å². The van der Waals surface area contributed by atoms with Crippen molar-refractivity contribution in [2.45, 2.75) is 56.7 Å². The average Bonchev–Trinajstić information content (AvgIpc) is 2.62. The predicted molar refractivity (Wildman–Crippen MR) is 105 cm³/mol. The summed E-state index contributed by atoms with van der Waals surface area (Å²) in [6.45, 7) is 0.758. The second-order valence-corrected chi connectivity index (χ2v) is 6.50.